The summed E-state index contributed by atoms with van der Waals surface area (Å²) >= 11 is 5.64. The summed E-state index contributed by atoms with van der Waals surface area (Å²) in [4.78, 5) is 3.88. The van der Waals surface area contributed by atoms with Crippen molar-refractivity contribution in [2.75, 3.05) is 0 Å². The Morgan fingerprint density at radius 1 is 1.21 bits per heavy atom. The number of alkyl halides is 1. The van der Waals surface area contributed by atoms with E-state index in [1.165, 1.54) is 17.8 Å². The van der Waals surface area contributed by atoms with Gasteiger partial charge in [-0.3, -0.25) is 0 Å². The van der Waals surface area contributed by atoms with Crippen LogP contribution in [0.4, 0.5) is 4.39 Å². The molecule has 4 heteroatoms. The highest BCUT2D eigenvalue weighted by Crippen LogP contribution is 2.26. The van der Waals surface area contributed by atoms with Crippen LogP contribution in [0, 0.1) is 5.82 Å². The molecule has 0 saturated heterocycles. The van der Waals surface area contributed by atoms with Gasteiger partial charge in [-0.1, -0.05) is 26.0 Å². The molecule has 2 rings (SSSR count). The minimum absolute atomic E-state index is 0.0459. The Hall–Kier alpha value is -1.61. The van der Waals surface area contributed by atoms with Crippen LogP contribution in [-0.4, -0.2) is 4.98 Å². The summed E-state index contributed by atoms with van der Waals surface area (Å²) < 4.78 is 19.3. The molecular weight excluding hydrogens is 265 g/mol. The summed E-state index contributed by atoms with van der Waals surface area (Å²) in [7, 11) is 0. The fraction of sp³-hybridized carbons (Fsp3) is 0.267. The van der Waals surface area contributed by atoms with Gasteiger partial charge in [0.05, 0.1) is 5.88 Å². The van der Waals surface area contributed by atoms with Crippen molar-refractivity contribution < 1.29 is 9.13 Å². The number of benzene rings is 1. The lowest BCUT2D eigenvalue weighted by molar-refractivity contribution is 0.420. The quantitative estimate of drug-likeness (QED) is 0.745. The molecule has 100 valence electrons. The van der Waals surface area contributed by atoms with Crippen LogP contribution in [0.15, 0.2) is 36.5 Å². The van der Waals surface area contributed by atoms with Gasteiger partial charge in [0.1, 0.15) is 5.75 Å². The molecule has 19 heavy (non-hydrogen) atoms. The molecule has 0 bridgehead atoms. The van der Waals surface area contributed by atoms with Crippen molar-refractivity contribution in [2.45, 2.75) is 25.6 Å². The summed E-state index contributed by atoms with van der Waals surface area (Å²) in [5.74, 6) is 0.545. The summed E-state index contributed by atoms with van der Waals surface area (Å²) in [5, 5.41) is 0. The number of ether oxygens (including phenoxy) is 1. The zero-order valence-corrected chi connectivity index (χ0v) is 11.6. The number of halogens is 2. The summed E-state index contributed by atoms with van der Waals surface area (Å²) in [5.41, 5.74) is 1.58. The number of pyridine rings is 1. The highest BCUT2D eigenvalue weighted by Gasteiger charge is 2.11. The first-order valence-electron chi connectivity index (χ1n) is 6.09. The van der Waals surface area contributed by atoms with E-state index in [2.05, 4.69) is 18.8 Å². The molecule has 0 aliphatic carbocycles. The van der Waals surface area contributed by atoms with Crippen LogP contribution in [0.2, 0.25) is 0 Å². The number of aromatic nitrogens is 1. The first-order valence-corrected chi connectivity index (χ1v) is 6.62. The zero-order valence-electron chi connectivity index (χ0n) is 10.9. The van der Waals surface area contributed by atoms with Crippen LogP contribution in [-0.2, 0) is 5.88 Å². The third-order valence-corrected chi connectivity index (χ3v) is 3.13. The summed E-state index contributed by atoms with van der Waals surface area (Å²) in [6, 6.07) is 9.08. The lowest BCUT2D eigenvalue weighted by Crippen LogP contribution is -1.96. The second kappa shape index (κ2) is 6.02. The molecule has 0 aliphatic heterocycles. The van der Waals surface area contributed by atoms with Crippen molar-refractivity contribution in [3.05, 3.63) is 53.5 Å². The van der Waals surface area contributed by atoms with Crippen molar-refractivity contribution in [3.8, 4) is 11.6 Å². The zero-order chi connectivity index (χ0) is 13.8. The first-order chi connectivity index (χ1) is 9.11. The number of rotatable bonds is 4. The summed E-state index contributed by atoms with van der Waals surface area (Å²) in [6.45, 7) is 4.22. The Morgan fingerprint density at radius 2 is 1.89 bits per heavy atom. The first kappa shape index (κ1) is 13.8. The van der Waals surface area contributed by atoms with Crippen molar-refractivity contribution in [1.82, 2.24) is 4.98 Å². The normalized spacial score (nSPS) is 10.8. The van der Waals surface area contributed by atoms with Crippen LogP contribution in [0.1, 0.15) is 30.9 Å². The van der Waals surface area contributed by atoms with E-state index in [1.54, 1.807) is 0 Å². The molecule has 0 aliphatic rings. The van der Waals surface area contributed by atoms with Gasteiger partial charge < -0.3 is 4.74 Å². The topological polar surface area (TPSA) is 22.1 Å². The maximum absolute atomic E-state index is 13.9. The second-order valence-electron chi connectivity index (χ2n) is 4.55. The standard InChI is InChI=1S/C15H15ClFNO/c1-10(2)11-3-5-13(6-4-11)19-15-14(17)12(9-16)7-8-18-15/h3-8,10H,9H2,1-2H3. The minimum Gasteiger partial charge on any atom is -0.436 e. The van der Waals surface area contributed by atoms with E-state index >= 15 is 0 Å². The van der Waals surface area contributed by atoms with Crippen LogP contribution in [0.3, 0.4) is 0 Å². The van der Waals surface area contributed by atoms with E-state index in [1.807, 2.05) is 24.3 Å². The van der Waals surface area contributed by atoms with Gasteiger partial charge in [0, 0.05) is 11.8 Å². The van der Waals surface area contributed by atoms with Crippen molar-refractivity contribution in [1.29, 1.82) is 0 Å². The molecule has 1 heterocycles. The third kappa shape index (κ3) is 3.24. The lowest BCUT2D eigenvalue weighted by atomic mass is 10.0. The molecule has 1 aromatic carbocycles. The predicted molar refractivity (Wildman–Crippen MR) is 74.4 cm³/mol. The molecule has 0 saturated carbocycles. The molecule has 0 fully saturated rings. The van der Waals surface area contributed by atoms with Gasteiger partial charge >= 0.3 is 0 Å². The Morgan fingerprint density at radius 3 is 2.47 bits per heavy atom. The molecule has 0 atom stereocenters. The molecule has 2 nitrogen and oxygen atoms in total. The van der Waals surface area contributed by atoms with Crippen molar-refractivity contribution in [2.24, 2.45) is 0 Å². The molecular formula is C15H15ClFNO. The Labute approximate surface area is 117 Å². The van der Waals surface area contributed by atoms with Gasteiger partial charge in [-0.05, 0) is 29.7 Å². The largest absolute Gasteiger partial charge is 0.436 e. The Kier molecular flexibility index (Phi) is 4.38. The SMILES string of the molecule is CC(C)c1ccc(Oc2nccc(CCl)c2F)cc1. The monoisotopic (exact) mass is 279 g/mol. The second-order valence-corrected chi connectivity index (χ2v) is 4.82. The van der Waals surface area contributed by atoms with Gasteiger partial charge in [0.25, 0.3) is 5.88 Å². The highest BCUT2D eigenvalue weighted by molar-refractivity contribution is 6.17. The molecule has 2 aromatic rings. The van der Waals surface area contributed by atoms with E-state index < -0.39 is 5.82 Å². The average molecular weight is 280 g/mol. The fourth-order valence-corrected chi connectivity index (χ4v) is 1.88. The van der Waals surface area contributed by atoms with Crippen LogP contribution < -0.4 is 4.74 Å². The van der Waals surface area contributed by atoms with Gasteiger partial charge in [-0.15, -0.1) is 11.6 Å². The Balaban J connectivity index is 2.21. The average Bonchev–Trinajstić information content (AvgIpc) is 2.42. The minimum atomic E-state index is -0.509. The number of nitrogens with zero attached hydrogens (tertiary/aromatic N) is 1. The molecule has 0 spiro atoms. The van der Waals surface area contributed by atoms with Gasteiger partial charge in [0.15, 0.2) is 5.82 Å². The lowest BCUT2D eigenvalue weighted by Gasteiger charge is -2.09. The van der Waals surface area contributed by atoms with E-state index in [0.29, 0.717) is 17.2 Å². The third-order valence-electron chi connectivity index (χ3n) is 2.84. The van der Waals surface area contributed by atoms with Crippen molar-refractivity contribution >= 4 is 11.6 Å². The summed E-state index contributed by atoms with van der Waals surface area (Å²) in [6.07, 6.45) is 1.48. The number of hydrogen-bond acceptors (Lipinski definition) is 2. The van der Waals surface area contributed by atoms with Gasteiger partial charge in [-0.25, -0.2) is 9.37 Å². The smallest absolute Gasteiger partial charge is 0.256 e. The molecule has 0 amide bonds. The molecule has 0 N–H and O–H groups in total. The van der Waals surface area contributed by atoms with Crippen LogP contribution >= 0.6 is 11.6 Å². The van der Waals surface area contributed by atoms with Crippen molar-refractivity contribution in [3.63, 3.8) is 0 Å². The van der Waals surface area contributed by atoms with E-state index in [9.17, 15) is 4.39 Å². The van der Waals surface area contributed by atoms with Gasteiger partial charge in [0.2, 0.25) is 0 Å². The van der Waals surface area contributed by atoms with Gasteiger partial charge in [-0.2, -0.15) is 0 Å². The molecule has 0 unspecified atom stereocenters. The predicted octanol–water partition coefficient (Wildman–Crippen LogP) is 4.88. The van der Waals surface area contributed by atoms with E-state index in [4.69, 9.17) is 16.3 Å². The fourth-order valence-electron chi connectivity index (χ4n) is 1.67. The molecule has 1 aromatic heterocycles. The maximum Gasteiger partial charge on any atom is 0.256 e. The van der Waals surface area contributed by atoms with E-state index in [0.717, 1.165) is 0 Å². The van der Waals surface area contributed by atoms with Crippen LogP contribution in [0.25, 0.3) is 0 Å². The maximum atomic E-state index is 13.9. The highest BCUT2D eigenvalue weighted by atomic mass is 35.5. The van der Waals surface area contributed by atoms with E-state index in [-0.39, 0.29) is 11.8 Å². The molecule has 0 radical (unpaired) electrons. The number of hydrogen-bond donors (Lipinski definition) is 0. The Bertz CT molecular complexity index is 555. The van der Waals surface area contributed by atoms with Crippen LogP contribution in [0.5, 0.6) is 11.6 Å².